The van der Waals surface area contributed by atoms with Gasteiger partial charge >= 0.3 is 0 Å². The monoisotopic (exact) mass is 544 g/mol. The number of rotatable bonds is 9. The zero-order valence-electron chi connectivity index (χ0n) is 18.6. The van der Waals surface area contributed by atoms with Crippen molar-refractivity contribution in [2.24, 2.45) is 0 Å². The maximum atomic E-state index is 13.4. The van der Waals surface area contributed by atoms with Gasteiger partial charge in [0.15, 0.2) is 4.34 Å². The Morgan fingerprint density at radius 3 is 2.37 bits per heavy atom. The van der Waals surface area contributed by atoms with E-state index in [1.165, 1.54) is 35.2 Å². The summed E-state index contributed by atoms with van der Waals surface area (Å²) in [6.07, 6.45) is 0. The van der Waals surface area contributed by atoms with Gasteiger partial charge in [-0.2, -0.15) is 0 Å². The molecule has 1 heterocycles. The van der Waals surface area contributed by atoms with Gasteiger partial charge in [0.05, 0.1) is 10.6 Å². The Morgan fingerprint density at radius 1 is 1.00 bits per heavy atom. The van der Waals surface area contributed by atoms with Crippen LogP contribution in [0.3, 0.4) is 0 Å². The third-order valence-corrected chi connectivity index (χ3v) is 8.95. The van der Waals surface area contributed by atoms with Crippen LogP contribution in [0.5, 0.6) is 0 Å². The zero-order chi connectivity index (χ0) is 24.8. The Hall–Kier alpha value is -2.92. The predicted molar refractivity (Wildman–Crippen MR) is 142 cm³/mol. The van der Waals surface area contributed by atoms with E-state index in [2.05, 4.69) is 15.5 Å². The van der Waals surface area contributed by atoms with Gasteiger partial charge in [-0.25, -0.2) is 8.42 Å². The van der Waals surface area contributed by atoms with Gasteiger partial charge in [0.2, 0.25) is 11.0 Å². The average molecular weight is 545 g/mol. The molecule has 180 valence electrons. The quantitative estimate of drug-likeness (QED) is 0.217. The lowest BCUT2D eigenvalue weighted by atomic mass is 10.2. The van der Waals surface area contributed by atoms with Gasteiger partial charge in [-0.1, -0.05) is 82.7 Å². The molecule has 0 atom stereocenters. The van der Waals surface area contributed by atoms with Gasteiger partial charge in [0.25, 0.3) is 10.0 Å². The van der Waals surface area contributed by atoms with Gasteiger partial charge in [-0.3, -0.25) is 14.4 Å². The van der Waals surface area contributed by atoms with Gasteiger partial charge in [0, 0.05) is 10.8 Å². The molecule has 1 amide bonds. The summed E-state index contributed by atoms with van der Waals surface area (Å²) in [6.45, 7) is 1.43. The number of carbonyl (C=O) groups excluding carboxylic acids is 1. The summed E-state index contributed by atoms with van der Waals surface area (Å²) in [7, 11) is -4.01. The first-order chi connectivity index (χ1) is 16.8. The summed E-state index contributed by atoms with van der Waals surface area (Å²) in [5.41, 5.74) is 2.40. The summed E-state index contributed by atoms with van der Waals surface area (Å²) in [5, 5.41) is 11.6. The number of carbonyl (C=O) groups is 1. The number of benzene rings is 3. The SMILES string of the molecule is Cc1ccc(S(=O)(=O)N(CC(=O)Nc2nnc(SCc3ccccc3)s2)c2ccc(Cl)cc2)cc1. The molecule has 0 unspecified atom stereocenters. The first kappa shape index (κ1) is 25.2. The summed E-state index contributed by atoms with van der Waals surface area (Å²) >= 11 is 8.73. The molecule has 0 bridgehead atoms. The van der Waals surface area contributed by atoms with Gasteiger partial charge in [-0.15, -0.1) is 10.2 Å². The molecule has 7 nitrogen and oxygen atoms in total. The number of aromatic nitrogens is 2. The third-order valence-electron chi connectivity index (χ3n) is 4.87. The van der Waals surface area contributed by atoms with Crippen molar-refractivity contribution >= 4 is 61.4 Å². The smallest absolute Gasteiger partial charge is 0.264 e. The Balaban J connectivity index is 1.49. The van der Waals surface area contributed by atoms with Crippen molar-refractivity contribution in [2.75, 3.05) is 16.2 Å². The van der Waals surface area contributed by atoms with Crippen LogP contribution in [-0.4, -0.2) is 31.1 Å². The lowest BCUT2D eigenvalue weighted by Crippen LogP contribution is -2.38. The van der Waals surface area contributed by atoms with Crippen LogP contribution in [0.4, 0.5) is 10.8 Å². The predicted octanol–water partition coefficient (Wildman–Crippen LogP) is 5.63. The van der Waals surface area contributed by atoms with Crippen molar-refractivity contribution in [1.29, 1.82) is 0 Å². The Bertz CT molecular complexity index is 1390. The minimum atomic E-state index is -4.01. The van der Waals surface area contributed by atoms with Crippen LogP contribution in [0.25, 0.3) is 0 Å². The number of amides is 1. The molecular formula is C24H21ClN4O3S3. The normalized spacial score (nSPS) is 11.3. The first-order valence-corrected chi connectivity index (χ1v) is 14.1. The van der Waals surface area contributed by atoms with Crippen molar-refractivity contribution in [3.8, 4) is 0 Å². The number of nitrogens with zero attached hydrogens (tertiary/aromatic N) is 3. The molecule has 0 saturated heterocycles. The van der Waals surface area contributed by atoms with Crippen LogP contribution < -0.4 is 9.62 Å². The molecule has 0 aliphatic carbocycles. The minimum absolute atomic E-state index is 0.0846. The second-order valence-electron chi connectivity index (χ2n) is 7.50. The lowest BCUT2D eigenvalue weighted by Gasteiger charge is -2.24. The van der Waals surface area contributed by atoms with Gasteiger partial charge < -0.3 is 0 Å². The van der Waals surface area contributed by atoms with Gasteiger partial charge in [-0.05, 0) is 48.9 Å². The van der Waals surface area contributed by atoms with E-state index in [9.17, 15) is 13.2 Å². The van der Waals surface area contributed by atoms with Crippen LogP contribution >= 0.6 is 34.7 Å². The van der Waals surface area contributed by atoms with E-state index in [0.29, 0.717) is 20.2 Å². The average Bonchev–Trinajstić information content (AvgIpc) is 3.30. The van der Waals surface area contributed by atoms with Crippen molar-refractivity contribution in [3.05, 3.63) is 95.0 Å². The highest BCUT2D eigenvalue weighted by atomic mass is 35.5. The molecule has 0 aliphatic heterocycles. The number of sulfonamides is 1. The number of anilines is 2. The molecule has 0 spiro atoms. The first-order valence-electron chi connectivity index (χ1n) is 10.5. The molecule has 0 radical (unpaired) electrons. The highest BCUT2D eigenvalue weighted by Crippen LogP contribution is 2.29. The van der Waals surface area contributed by atoms with Crippen LogP contribution in [0.1, 0.15) is 11.1 Å². The van der Waals surface area contributed by atoms with Crippen molar-refractivity contribution < 1.29 is 13.2 Å². The molecule has 0 aliphatic rings. The standard InChI is InChI=1S/C24H21ClN4O3S3/c1-17-7-13-21(14-8-17)35(31,32)29(20-11-9-19(25)10-12-20)15-22(30)26-23-27-28-24(34-23)33-16-18-5-3-2-4-6-18/h2-14H,15-16H2,1H3,(H,26,27,30). The molecule has 4 aromatic rings. The number of hydrogen-bond donors (Lipinski definition) is 1. The molecule has 35 heavy (non-hydrogen) atoms. The number of halogens is 1. The topological polar surface area (TPSA) is 92.3 Å². The molecule has 0 saturated carbocycles. The van der Waals surface area contributed by atoms with E-state index in [4.69, 9.17) is 11.6 Å². The van der Waals surface area contributed by atoms with Crippen molar-refractivity contribution in [1.82, 2.24) is 10.2 Å². The maximum Gasteiger partial charge on any atom is 0.264 e. The molecule has 3 aromatic carbocycles. The van der Waals surface area contributed by atoms with E-state index in [1.807, 2.05) is 37.3 Å². The molecule has 11 heteroatoms. The van der Waals surface area contributed by atoms with Gasteiger partial charge in [0.1, 0.15) is 6.54 Å². The van der Waals surface area contributed by atoms with E-state index < -0.39 is 22.5 Å². The highest BCUT2D eigenvalue weighted by Gasteiger charge is 2.27. The highest BCUT2D eigenvalue weighted by molar-refractivity contribution is 8.00. The van der Waals surface area contributed by atoms with E-state index >= 15 is 0 Å². The molecule has 0 fully saturated rings. The fourth-order valence-electron chi connectivity index (χ4n) is 3.09. The number of nitrogens with one attached hydrogen (secondary N) is 1. The molecular weight excluding hydrogens is 524 g/mol. The Kier molecular flexibility index (Phi) is 8.07. The van der Waals surface area contributed by atoms with E-state index in [1.54, 1.807) is 36.4 Å². The third kappa shape index (κ3) is 6.61. The summed E-state index contributed by atoms with van der Waals surface area (Å²) in [6, 6.07) is 22.7. The Morgan fingerprint density at radius 2 is 1.69 bits per heavy atom. The number of aryl methyl sites for hydroxylation is 1. The number of thioether (sulfide) groups is 1. The minimum Gasteiger partial charge on any atom is -0.299 e. The largest absolute Gasteiger partial charge is 0.299 e. The molecule has 4 rings (SSSR count). The van der Waals surface area contributed by atoms with Crippen molar-refractivity contribution in [3.63, 3.8) is 0 Å². The second-order valence-corrected chi connectivity index (χ2v) is 12.0. The Labute approximate surface area is 217 Å². The second kappa shape index (κ2) is 11.2. The van der Waals surface area contributed by atoms with Crippen LogP contribution in [0.15, 0.2) is 88.1 Å². The van der Waals surface area contributed by atoms with Crippen LogP contribution in [0.2, 0.25) is 5.02 Å². The lowest BCUT2D eigenvalue weighted by molar-refractivity contribution is -0.114. The fraction of sp³-hybridized carbons (Fsp3) is 0.125. The summed E-state index contributed by atoms with van der Waals surface area (Å²) in [5.74, 6) is 0.189. The zero-order valence-corrected chi connectivity index (χ0v) is 21.8. The maximum absolute atomic E-state index is 13.4. The molecule has 1 aromatic heterocycles. The van der Waals surface area contributed by atoms with Crippen molar-refractivity contribution in [2.45, 2.75) is 21.9 Å². The fourth-order valence-corrected chi connectivity index (χ4v) is 6.36. The van der Waals surface area contributed by atoms with Crippen LogP contribution in [0, 0.1) is 6.92 Å². The van der Waals surface area contributed by atoms with E-state index in [0.717, 1.165) is 21.2 Å². The summed E-state index contributed by atoms with van der Waals surface area (Å²) < 4.78 is 28.6. The summed E-state index contributed by atoms with van der Waals surface area (Å²) in [4.78, 5) is 13.0. The van der Waals surface area contributed by atoms with E-state index in [-0.39, 0.29) is 4.90 Å². The number of hydrogen-bond acceptors (Lipinski definition) is 7. The molecule has 1 N–H and O–H groups in total. The van der Waals surface area contributed by atoms with Crippen LogP contribution in [-0.2, 0) is 20.6 Å².